The number of nitrogens with one attached hydrogen (secondary N) is 2. The molecular weight excluding hydrogens is 505 g/mol. The molecule has 0 fully saturated rings. The summed E-state index contributed by atoms with van der Waals surface area (Å²) in [5, 5.41) is 18.8. The van der Waals surface area contributed by atoms with E-state index in [1.165, 1.54) is 23.9 Å². The smallest absolute Gasteiger partial charge is 0.432 e. The number of fused-ring (bicyclic) bond motifs is 1. The van der Waals surface area contributed by atoms with Gasteiger partial charge in [0.15, 0.2) is 11.6 Å². The SMILES string of the molecule is CO[P+]1(O)N=C(c2c(O)c(CC(C)C)nn(CCC(C)(C)C)c2=O)Nc2ccc(NS(C)(=O)=O)cc21. The van der Waals surface area contributed by atoms with Crippen LogP contribution in [0.4, 0.5) is 11.4 Å². The van der Waals surface area contributed by atoms with Crippen molar-refractivity contribution < 1.29 is 22.9 Å². The van der Waals surface area contributed by atoms with Gasteiger partial charge >= 0.3 is 7.87 Å². The number of aromatic hydroxyl groups is 1. The molecule has 2 heterocycles. The fourth-order valence-corrected chi connectivity index (χ4v) is 5.81. The van der Waals surface area contributed by atoms with Gasteiger partial charge in [0.05, 0.1) is 24.7 Å². The molecule has 13 heteroatoms. The van der Waals surface area contributed by atoms with E-state index in [2.05, 4.69) is 40.7 Å². The minimum absolute atomic E-state index is 0.0385. The van der Waals surface area contributed by atoms with E-state index in [1.54, 1.807) is 6.07 Å². The number of sulfonamides is 1. The topological polar surface area (TPSA) is 155 Å². The third-order valence-electron chi connectivity index (χ3n) is 5.47. The van der Waals surface area contributed by atoms with Gasteiger partial charge in [-0.05, 0) is 41.1 Å². The zero-order valence-corrected chi connectivity index (χ0v) is 23.4. The molecule has 1 aromatic carbocycles. The number of aromatic nitrogens is 2. The van der Waals surface area contributed by atoms with Crippen molar-refractivity contribution in [3.05, 3.63) is 39.8 Å². The molecule has 0 aliphatic carbocycles. The highest BCUT2D eigenvalue weighted by molar-refractivity contribution is 7.92. The van der Waals surface area contributed by atoms with Gasteiger partial charge in [-0.3, -0.25) is 9.52 Å². The first-order valence-corrected chi connectivity index (χ1v) is 15.0. The van der Waals surface area contributed by atoms with Gasteiger partial charge in [0.25, 0.3) is 5.56 Å². The summed E-state index contributed by atoms with van der Waals surface area (Å²) in [7, 11) is -5.95. The van der Waals surface area contributed by atoms with Gasteiger partial charge in [-0.25, -0.2) is 13.1 Å². The molecule has 2 aromatic rings. The van der Waals surface area contributed by atoms with Gasteiger partial charge in [0.2, 0.25) is 15.3 Å². The minimum Gasteiger partial charge on any atom is -0.505 e. The van der Waals surface area contributed by atoms with E-state index < -0.39 is 23.4 Å². The highest BCUT2D eigenvalue weighted by Gasteiger charge is 2.48. The summed E-state index contributed by atoms with van der Waals surface area (Å²) in [5.41, 5.74) is 0.264. The lowest BCUT2D eigenvalue weighted by Crippen LogP contribution is -2.36. The maximum Gasteiger partial charge on any atom is 0.432 e. The molecule has 1 atom stereocenters. The van der Waals surface area contributed by atoms with Gasteiger partial charge in [0.1, 0.15) is 11.3 Å². The van der Waals surface area contributed by atoms with Crippen molar-refractivity contribution in [1.82, 2.24) is 9.78 Å². The Balaban J connectivity index is 2.17. The Hall–Kier alpha value is -2.53. The molecule has 36 heavy (non-hydrogen) atoms. The summed E-state index contributed by atoms with van der Waals surface area (Å²) in [6.45, 7) is 10.5. The Morgan fingerprint density at radius 2 is 1.94 bits per heavy atom. The van der Waals surface area contributed by atoms with Crippen LogP contribution in [0.25, 0.3) is 0 Å². The maximum atomic E-state index is 13.5. The highest BCUT2D eigenvalue weighted by Crippen LogP contribution is 2.59. The van der Waals surface area contributed by atoms with E-state index in [1.807, 2.05) is 13.8 Å². The molecule has 11 nitrogen and oxygen atoms in total. The first-order valence-electron chi connectivity index (χ1n) is 11.5. The summed E-state index contributed by atoms with van der Waals surface area (Å²) in [6, 6.07) is 4.49. The van der Waals surface area contributed by atoms with Gasteiger partial charge in [-0.2, -0.15) is 14.5 Å². The molecule has 3 rings (SSSR count). The molecule has 0 amide bonds. The summed E-state index contributed by atoms with van der Waals surface area (Å²) in [6.07, 6.45) is 2.13. The molecule has 1 aliphatic rings. The van der Waals surface area contributed by atoms with E-state index in [0.29, 0.717) is 30.8 Å². The molecule has 0 saturated carbocycles. The normalized spacial score (nSPS) is 18.0. The molecule has 4 N–H and O–H groups in total. The third kappa shape index (κ3) is 6.42. The lowest BCUT2D eigenvalue weighted by Gasteiger charge is -2.24. The second-order valence-electron chi connectivity index (χ2n) is 10.5. The first kappa shape index (κ1) is 28.0. The van der Waals surface area contributed by atoms with Crippen LogP contribution in [-0.4, -0.2) is 47.4 Å². The zero-order valence-electron chi connectivity index (χ0n) is 21.7. The van der Waals surface area contributed by atoms with E-state index in [0.717, 1.165) is 6.26 Å². The molecule has 0 spiro atoms. The van der Waals surface area contributed by atoms with Crippen LogP contribution in [0.3, 0.4) is 0 Å². The van der Waals surface area contributed by atoms with Crippen LogP contribution in [0.1, 0.15) is 52.3 Å². The standard InChI is InChI=1S/C23H34N5O6PS/c1-14(2)12-17-20(29)19(22(30)28(25-17)11-10-23(3,4)5)21-24-16-9-8-15(27-36(7,32)33)13-18(16)35(31,26-21)34-6/h8-9,13-14,31H,10-12H2,1-7H3,(H2-,24,25,26,27,29,30)/p+1. The average Bonchev–Trinajstić information content (AvgIpc) is 2.73. The Kier molecular flexibility index (Phi) is 7.86. The van der Waals surface area contributed by atoms with Crippen molar-refractivity contribution in [1.29, 1.82) is 0 Å². The van der Waals surface area contributed by atoms with Gasteiger partial charge in [0, 0.05) is 12.6 Å². The molecule has 0 saturated heterocycles. The van der Waals surface area contributed by atoms with Gasteiger partial charge in [-0.1, -0.05) is 34.6 Å². The third-order valence-corrected chi connectivity index (χ3v) is 8.05. The Labute approximate surface area is 212 Å². The summed E-state index contributed by atoms with van der Waals surface area (Å²) < 4.78 is 36.7. The minimum atomic E-state index is -3.68. The number of benzene rings is 1. The molecule has 1 aromatic heterocycles. The number of aryl methyl sites for hydroxylation is 1. The van der Waals surface area contributed by atoms with Crippen molar-refractivity contribution in [3.63, 3.8) is 0 Å². The van der Waals surface area contributed by atoms with Crippen LogP contribution in [0.2, 0.25) is 0 Å². The van der Waals surface area contributed by atoms with Crippen LogP contribution >= 0.6 is 7.87 Å². The summed E-state index contributed by atoms with van der Waals surface area (Å²) >= 11 is 0. The number of nitrogens with zero attached hydrogens (tertiary/aromatic N) is 3. The van der Waals surface area contributed by atoms with Crippen molar-refractivity contribution in [2.75, 3.05) is 23.4 Å². The number of hydrogen-bond donors (Lipinski definition) is 4. The number of amidine groups is 1. The zero-order chi connectivity index (χ0) is 27.1. The van der Waals surface area contributed by atoms with Crippen molar-refractivity contribution >= 4 is 40.4 Å². The van der Waals surface area contributed by atoms with E-state index in [9.17, 15) is 23.2 Å². The molecule has 1 unspecified atom stereocenters. The molecular formula is C23H35N5O6PS+. The predicted octanol–water partition coefficient (Wildman–Crippen LogP) is 2.85. The lowest BCUT2D eigenvalue weighted by atomic mass is 9.92. The molecule has 1 aliphatic heterocycles. The fraction of sp³-hybridized carbons (Fsp3) is 0.522. The van der Waals surface area contributed by atoms with Gasteiger partial charge < -0.3 is 10.4 Å². The maximum absolute atomic E-state index is 13.5. The van der Waals surface area contributed by atoms with Crippen LogP contribution < -0.4 is 20.9 Å². The van der Waals surface area contributed by atoms with Crippen molar-refractivity contribution in [2.24, 2.45) is 16.1 Å². The largest absolute Gasteiger partial charge is 0.505 e. The first-order chi connectivity index (χ1) is 16.5. The molecule has 198 valence electrons. The van der Waals surface area contributed by atoms with Crippen LogP contribution in [0, 0.1) is 11.3 Å². The van der Waals surface area contributed by atoms with E-state index in [4.69, 9.17) is 4.52 Å². The number of rotatable bonds is 8. The molecule has 0 radical (unpaired) electrons. The second-order valence-corrected chi connectivity index (χ2v) is 14.4. The number of anilines is 2. The van der Waals surface area contributed by atoms with Crippen LogP contribution in [0.5, 0.6) is 5.75 Å². The monoisotopic (exact) mass is 540 g/mol. The van der Waals surface area contributed by atoms with Crippen molar-refractivity contribution in [2.45, 2.75) is 54.0 Å². The predicted molar refractivity (Wildman–Crippen MR) is 144 cm³/mol. The average molecular weight is 541 g/mol. The molecule has 0 bridgehead atoms. The van der Waals surface area contributed by atoms with E-state index >= 15 is 0 Å². The Bertz CT molecular complexity index is 1350. The fourth-order valence-electron chi connectivity index (χ4n) is 3.69. The van der Waals surface area contributed by atoms with E-state index in [-0.39, 0.29) is 39.5 Å². The Morgan fingerprint density at radius 3 is 2.50 bits per heavy atom. The highest BCUT2D eigenvalue weighted by atomic mass is 32.2. The Morgan fingerprint density at radius 1 is 1.28 bits per heavy atom. The second kappa shape index (κ2) is 10.1. The van der Waals surface area contributed by atoms with Crippen LogP contribution in [-0.2, 0) is 27.5 Å². The van der Waals surface area contributed by atoms with Gasteiger partial charge in [-0.15, -0.1) is 0 Å². The summed E-state index contributed by atoms with van der Waals surface area (Å²) in [4.78, 5) is 24.8. The quantitative estimate of drug-likeness (QED) is 0.373. The lowest BCUT2D eigenvalue weighted by molar-refractivity contribution is 0.332. The van der Waals surface area contributed by atoms with Crippen LogP contribution in [0.15, 0.2) is 27.8 Å². The van der Waals surface area contributed by atoms with Crippen molar-refractivity contribution in [3.8, 4) is 5.75 Å². The number of hydrogen-bond acceptors (Lipinski definition) is 9. The summed E-state index contributed by atoms with van der Waals surface area (Å²) in [5.74, 6) is -0.173.